The number of esters is 1. The topological polar surface area (TPSA) is 26.3 Å². The molecule has 0 aromatic carbocycles. The van der Waals surface area contributed by atoms with Crippen molar-refractivity contribution in [2.45, 2.75) is 162 Å². The van der Waals surface area contributed by atoms with Crippen LogP contribution in [0.4, 0.5) is 0 Å². The van der Waals surface area contributed by atoms with Crippen LogP contribution >= 0.6 is 0 Å². The zero-order valence-corrected chi connectivity index (χ0v) is 21.2. The predicted molar refractivity (Wildman–Crippen MR) is 133 cm³/mol. The first-order chi connectivity index (χ1) is 14.7. The summed E-state index contributed by atoms with van der Waals surface area (Å²) in [6.07, 6.45) is 28.4. The van der Waals surface area contributed by atoms with Gasteiger partial charge in [-0.05, 0) is 18.8 Å². The van der Waals surface area contributed by atoms with Crippen LogP contribution in [0.25, 0.3) is 0 Å². The lowest BCUT2D eigenvalue weighted by atomic mass is 10.00. The van der Waals surface area contributed by atoms with Gasteiger partial charge in [0, 0.05) is 6.42 Å². The number of carbonyl (C=O) groups is 1. The summed E-state index contributed by atoms with van der Waals surface area (Å²) >= 11 is 0. The summed E-state index contributed by atoms with van der Waals surface area (Å²) < 4.78 is 5.39. The number of hydrogen-bond acceptors (Lipinski definition) is 2. The first-order valence-corrected chi connectivity index (χ1v) is 13.9. The molecule has 0 aromatic heterocycles. The Balaban J connectivity index is 3.17. The molecular formula is C28H56O2. The Morgan fingerprint density at radius 3 is 1.53 bits per heavy atom. The van der Waals surface area contributed by atoms with Crippen LogP contribution in [-0.2, 0) is 9.53 Å². The van der Waals surface area contributed by atoms with Crippen LogP contribution < -0.4 is 0 Å². The summed E-state index contributed by atoms with van der Waals surface area (Å²) in [6, 6.07) is 0. The van der Waals surface area contributed by atoms with Crippen LogP contribution in [0.1, 0.15) is 162 Å². The molecule has 180 valence electrons. The summed E-state index contributed by atoms with van der Waals surface area (Å²) in [7, 11) is 0. The summed E-state index contributed by atoms with van der Waals surface area (Å²) in [5, 5.41) is 0. The molecule has 0 fully saturated rings. The minimum Gasteiger partial charge on any atom is -0.466 e. The van der Waals surface area contributed by atoms with Gasteiger partial charge in [0.2, 0.25) is 0 Å². The predicted octanol–water partition coefficient (Wildman–Crippen LogP) is 9.79. The van der Waals surface area contributed by atoms with Gasteiger partial charge in [-0.2, -0.15) is 0 Å². The number of hydrogen-bond donors (Lipinski definition) is 0. The number of rotatable bonds is 24. The van der Waals surface area contributed by atoms with Crippen molar-refractivity contribution in [3.05, 3.63) is 0 Å². The minimum atomic E-state index is 0.0200. The maximum Gasteiger partial charge on any atom is 0.305 e. The average Bonchev–Trinajstić information content (AvgIpc) is 2.75. The van der Waals surface area contributed by atoms with E-state index in [-0.39, 0.29) is 5.97 Å². The van der Waals surface area contributed by atoms with E-state index in [1.165, 1.54) is 122 Å². The van der Waals surface area contributed by atoms with Gasteiger partial charge in [-0.1, -0.05) is 143 Å². The van der Waals surface area contributed by atoms with Crippen LogP contribution in [0.5, 0.6) is 0 Å². The summed E-state index contributed by atoms with van der Waals surface area (Å²) in [5.41, 5.74) is 0. The third kappa shape index (κ3) is 23.7. The highest BCUT2D eigenvalue weighted by Crippen LogP contribution is 2.15. The Labute approximate surface area is 190 Å². The van der Waals surface area contributed by atoms with Gasteiger partial charge < -0.3 is 4.74 Å². The summed E-state index contributed by atoms with van der Waals surface area (Å²) in [6.45, 7) is 7.55. The fraction of sp³-hybridized carbons (Fsp3) is 0.964. The van der Waals surface area contributed by atoms with E-state index >= 15 is 0 Å². The van der Waals surface area contributed by atoms with Gasteiger partial charge in [0.15, 0.2) is 0 Å². The van der Waals surface area contributed by atoms with Crippen molar-refractivity contribution in [2.24, 2.45) is 5.92 Å². The SMILES string of the molecule is CCCCCCCCCCCCCCOC(=O)CCCCCCCCCC(C)CC. The molecule has 0 spiro atoms. The minimum absolute atomic E-state index is 0.0200. The second-order valence-electron chi connectivity index (χ2n) is 9.64. The molecule has 0 radical (unpaired) electrons. The average molecular weight is 425 g/mol. The Hall–Kier alpha value is -0.530. The molecule has 0 aliphatic heterocycles. The molecule has 0 saturated heterocycles. The van der Waals surface area contributed by atoms with Crippen molar-refractivity contribution in [3.63, 3.8) is 0 Å². The highest BCUT2D eigenvalue weighted by atomic mass is 16.5. The lowest BCUT2D eigenvalue weighted by Gasteiger charge is -2.07. The van der Waals surface area contributed by atoms with Gasteiger partial charge >= 0.3 is 5.97 Å². The molecule has 0 amide bonds. The zero-order valence-electron chi connectivity index (χ0n) is 21.2. The first-order valence-electron chi connectivity index (χ1n) is 13.9. The third-order valence-corrected chi connectivity index (χ3v) is 6.54. The van der Waals surface area contributed by atoms with Crippen molar-refractivity contribution in [2.75, 3.05) is 6.61 Å². The third-order valence-electron chi connectivity index (χ3n) is 6.54. The van der Waals surface area contributed by atoms with Gasteiger partial charge in [0.05, 0.1) is 6.61 Å². The number of unbranched alkanes of at least 4 members (excludes halogenated alkanes) is 17. The van der Waals surface area contributed by atoms with Gasteiger partial charge in [-0.25, -0.2) is 0 Å². The van der Waals surface area contributed by atoms with Crippen LogP contribution in [0.3, 0.4) is 0 Å². The fourth-order valence-electron chi connectivity index (χ4n) is 4.05. The van der Waals surface area contributed by atoms with Gasteiger partial charge in [-0.3, -0.25) is 4.79 Å². The standard InChI is InChI=1S/C28H56O2/c1-4-6-7-8-9-10-11-12-13-17-20-23-26-30-28(29)25-22-19-16-14-15-18-21-24-27(3)5-2/h27H,4-26H2,1-3H3. The zero-order chi connectivity index (χ0) is 22.1. The molecule has 1 atom stereocenters. The molecule has 0 aliphatic carbocycles. The van der Waals surface area contributed by atoms with E-state index in [1.807, 2.05) is 0 Å². The van der Waals surface area contributed by atoms with E-state index in [9.17, 15) is 4.79 Å². The highest BCUT2D eigenvalue weighted by Gasteiger charge is 2.03. The van der Waals surface area contributed by atoms with Crippen LogP contribution in [0.2, 0.25) is 0 Å². The van der Waals surface area contributed by atoms with Gasteiger partial charge in [0.25, 0.3) is 0 Å². The summed E-state index contributed by atoms with van der Waals surface area (Å²) in [5.74, 6) is 0.914. The van der Waals surface area contributed by atoms with Crippen molar-refractivity contribution >= 4 is 5.97 Å². The van der Waals surface area contributed by atoms with Crippen molar-refractivity contribution in [1.82, 2.24) is 0 Å². The van der Waals surface area contributed by atoms with Gasteiger partial charge in [-0.15, -0.1) is 0 Å². The number of carbonyl (C=O) groups excluding carboxylic acids is 1. The monoisotopic (exact) mass is 424 g/mol. The van der Waals surface area contributed by atoms with Crippen LogP contribution in [0, 0.1) is 5.92 Å². The molecule has 30 heavy (non-hydrogen) atoms. The second kappa shape index (κ2) is 24.7. The molecule has 0 bridgehead atoms. The lowest BCUT2D eigenvalue weighted by Crippen LogP contribution is -2.05. The summed E-state index contributed by atoms with van der Waals surface area (Å²) in [4.78, 5) is 11.8. The fourth-order valence-corrected chi connectivity index (χ4v) is 4.05. The lowest BCUT2D eigenvalue weighted by molar-refractivity contribution is -0.143. The van der Waals surface area contributed by atoms with E-state index in [4.69, 9.17) is 4.74 Å². The first kappa shape index (κ1) is 29.5. The number of ether oxygens (including phenoxy) is 1. The maximum absolute atomic E-state index is 11.8. The van der Waals surface area contributed by atoms with E-state index in [0.29, 0.717) is 13.0 Å². The van der Waals surface area contributed by atoms with Crippen molar-refractivity contribution in [1.29, 1.82) is 0 Å². The molecule has 0 aromatic rings. The molecule has 2 nitrogen and oxygen atoms in total. The quantitative estimate of drug-likeness (QED) is 0.114. The van der Waals surface area contributed by atoms with E-state index in [0.717, 1.165) is 18.8 Å². The van der Waals surface area contributed by atoms with E-state index in [1.54, 1.807) is 0 Å². The Kier molecular flexibility index (Phi) is 24.3. The Bertz CT molecular complexity index is 340. The molecule has 0 saturated carbocycles. The molecular weight excluding hydrogens is 368 g/mol. The Morgan fingerprint density at radius 1 is 0.600 bits per heavy atom. The smallest absolute Gasteiger partial charge is 0.305 e. The molecule has 2 heteroatoms. The maximum atomic E-state index is 11.8. The van der Waals surface area contributed by atoms with Crippen molar-refractivity contribution in [3.8, 4) is 0 Å². The highest BCUT2D eigenvalue weighted by molar-refractivity contribution is 5.69. The normalized spacial score (nSPS) is 12.2. The van der Waals surface area contributed by atoms with Crippen LogP contribution in [0.15, 0.2) is 0 Å². The van der Waals surface area contributed by atoms with Crippen LogP contribution in [-0.4, -0.2) is 12.6 Å². The molecule has 0 rings (SSSR count). The molecule has 0 N–H and O–H groups in total. The largest absolute Gasteiger partial charge is 0.466 e. The van der Waals surface area contributed by atoms with Gasteiger partial charge in [0.1, 0.15) is 0 Å². The van der Waals surface area contributed by atoms with E-state index < -0.39 is 0 Å². The Morgan fingerprint density at radius 2 is 1.03 bits per heavy atom. The molecule has 1 unspecified atom stereocenters. The second-order valence-corrected chi connectivity index (χ2v) is 9.64. The molecule has 0 aliphatic rings. The molecule has 0 heterocycles. The van der Waals surface area contributed by atoms with E-state index in [2.05, 4.69) is 20.8 Å². The van der Waals surface area contributed by atoms with Crippen molar-refractivity contribution < 1.29 is 9.53 Å².